The van der Waals surface area contributed by atoms with Gasteiger partial charge in [-0.2, -0.15) is 0 Å². The Morgan fingerprint density at radius 2 is 2.03 bits per heavy atom. The second-order valence-corrected chi connectivity index (χ2v) is 8.11. The van der Waals surface area contributed by atoms with Crippen molar-refractivity contribution in [2.75, 3.05) is 5.32 Å². The summed E-state index contributed by atoms with van der Waals surface area (Å²) < 4.78 is 16.0. The lowest BCUT2D eigenvalue weighted by Gasteiger charge is -2.23. The predicted octanol–water partition coefficient (Wildman–Crippen LogP) is 5.06. The zero-order valence-electron chi connectivity index (χ0n) is 17.2. The highest BCUT2D eigenvalue weighted by Crippen LogP contribution is 2.30. The first-order valence-electron chi connectivity index (χ1n) is 10.0. The van der Waals surface area contributed by atoms with Crippen LogP contribution in [0.5, 0.6) is 0 Å². The van der Waals surface area contributed by atoms with Gasteiger partial charge in [-0.3, -0.25) is 9.36 Å². The van der Waals surface area contributed by atoms with E-state index in [0.29, 0.717) is 39.9 Å². The van der Waals surface area contributed by atoms with E-state index in [-0.39, 0.29) is 15.9 Å². The summed E-state index contributed by atoms with van der Waals surface area (Å²) in [6, 6.07) is 8.57. The fraction of sp³-hybridized carbons (Fsp3) is 0.136. The molecule has 3 heterocycles. The Labute approximate surface area is 196 Å². The number of anilines is 1. The molecular formula is C22H16Cl2FN7O. The summed E-state index contributed by atoms with van der Waals surface area (Å²) in [5.41, 5.74) is 1.05. The van der Waals surface area contributed by atoms with Crippen LogP contribution in [-0.2, 0) is 0 Å². The number of rotatable bonds is 5. The van der Waals surface area contributed by atoms with Gasteiger partial charge in [-0.25, -0.2) is 24.3 Å². The number of halogens is 3. The fourth-order valence-electron chi connectivity index (χ4n) is 3.72. The maximum absolute atomic E-state index is 14.7. The summed E-state index contributed by atoms with van der Waals surface area (Å²) in [5.74, 6) is 0.150. The van der Waals surface area contributed by atoms with Gasteiger partial charge in [-0.05, 0) is 36.8 Å². The van der Waals surface area contributed by atoms with E-state index >= 15 is 0 Å². The van der Waals surface area contributed by atoms with E-state index in [2.05, 4.69) is 30.2 Å². The van der Waals surface area contributed by atoms with E-state index in [1.54, 1.807) is 24.3 Å². The third kappa shape index (κ3) is 3.69. The van der Waals surface area contributed by atoms with Crippen LogP contribution in [0.1, 0.15) is 25.2 Å². The minimum Gasteiger partial charge on any atom is -0.358 e. The Kier molecular flexibility index (Phi) is 5.43. The number of fused-ring (bicyclic) bond motifs is 2. The van der Waals surface area contributed by atoms with E-state index in [0.717, 1.165) is 0 Å². The minimum atomic E-state index is -0.667. The summed E-state index contributed by atoms with van der Waals surface area (Å²) in [4.78, 5) is 33.8. The molecule has 0 spiro atoms. The summed E-state index contributed by atoms with van der Waals surface area (Å²) >= 11 is 12.6. The summed E-state index contributed by atoms with van der Waals surface area (Å²) in [6.45, 7) is 1.93. The number of hydrogen-bond donors (Lipinski definition) is 2. The lowest BCUT2D eigenvalue weighted by Crippen LogP contribution is -2.29. The predicted molar refractivity (Wildman–Crippen MR) is 126 cm³/mol. The quantitative estimate of drug-likeness (QED) is 0.362. The maximum atomic E-state index is 14.7. The van der Waals surface area contributed by atoms with E-state index in [1.165, 1.54) is 29.4 Å². The standard InChI is InChI=1S/C22H16Cl2FN7O/c1-2-14(30-20-18-19(27-9-26-18)28-10-29-20)21-31-15-5-3-4-13(25)17(15)22(33)32(21)16-8-11(23)6-7-12(16)24/h3-10,14H,2H2,1H3,(H2,26,27,28,29,30)/t14-/m1/s1. The molecule has 0 saturated heterocycles. The highest BCUT2D eigenvalue weighted by molar-refractivity contribution is 6.34. The summed E-state index contributed by atoms with van der Waals surface area (Å²) in [5, 5.41) is 3.82. The zero-order chi connectivity index (χ0) is 23.1. The van der Waals surface area contributed by atoms with Gasteiger partial charge in [0.15, 0.2) is 11.5 Å². The maximum Gasteiger partial charge on any atom is 0.269 e. The number of imidazole rings is 1. The molecule has 0 saturated carbocycles. The lowest BCUT2D eigenvalue weighted by molar-refractivity contribution is 0.630. The molecule has 166 valence electrons. The molecule has 0 radical (unpaired) electrons. The number of nitrogens with one attached hydrogen (secondary N) is 2. The molecule has 0 bridgehead atoms. The van der Waals surface area contributed by atoms with Crippen LogP contribution >= 0.6 is 23.2 Å². The average molecular weight is 484 g/mol. The van der Waals surface area contributed by atoms with Crippen molar-refractivity contribution in [1.29, 1.82) is 0 Å². The van der Waals surface area contributed by atoms with Gasteiger partial charge in [0.1, 0.15) is 28.9 Å². The first kappa shape index (κ1) is 21.3. The van der Waals surface area contributed by atoms with Gasteiger partial charge >= 0.3 is 0 Å². The molecule has 0 amide bonds. The molecule has 0 aliphatic heterocycles. The van der Waals surface area contributed by atoms with Crippen LogP contribution < -0.4 is 10.9 Å². The highest BCUT2D eigenvalue weighted by atomic mass is 35.5. The second-order valence-electron chi connectivity index (χ2n) is 7.27. The van der Waals surface area contributed by atoms with E-state index in [9.17, 15) is 9.18 Å². The Morgan fingerprint density at radius 1 is 1.18 bits per heavy atom. The average Bonchev–Trinajstić information content (AvgIpc) is 3.29. The third-order valence-electron chi connectivity index (χ3n) is 5.28. The van der Waals surface area contributed by atoms with Crippen LogP contribution in [0.2, 0.25) is 10.0 Å². The Balaban J connectivity index is 1.78. The molecule has 2 N–H and O–H groups in total. The van der Waals surface area contributed by atoms with Gasteiger partial charge in [0, 0.05) is 5.02 Å². The number of H-pyrrole nitrogens is 1. The first-order chi connectivity index (χ1) is 16.0. The van der Waals surface area contributed by atoms with Crippen molar-refractivity contribution in [3.63, 3.8) is 0 Å². The topological polar surface area (TPSA) is 101 Å². The van der Waals surface area contributed by atoms with Crippen LogP contribution in [0.3, 0.4) is 0 Å². The molecule has 11 heteroatoms. The van der Waals surface area contributed by atoms with Crippen LogP contribution in [-0.4, -0.2) is 29.5 Å². The Hall–Kier alpha value is -3.56. The van der Waals surface area contributed by atoms with Crippen molar-refractivity contribution in [2.24, 2.45) is 0 Å². The first-order valence-corrected chi connectivity index (χ1v) is 10.8. The largest absolute Gasteiger partial charge is 0.358 e. The SMILES string of the molecule is CC[C@@H](Nc1ncnc2nc[nH]c12)c1nc2cccc(F)c2c(=O)n1-c1cc(Cl)ccc1Cl. The molecular weight excluding hydrogens is 468 g/mol. The van der Waals surface area contributed by atoms with Crippen LogP contribution in [0.25, 0.3) is 27.8 Å². The number of benzene rings is 2. The molecule has 0 aliphatic rings. The van der Waals surface area contributed by atoms with Crippen molar-refractivity contribution in [1.82, 2.24) is 29.5 Å². The fourth-order valence-corrected chi connectivity index (χ4v) is 4.09. The van der Waals surface area contributed by atoms with Gasteiger partial charge in [-0.15, -0.1) is 0 Å². The van der Waals surface area contributed by atoms with Crippen molar-refractivity contribution < 1.29 is 4.39 Å². The summed E-state index contributed by atoms with van der Waals surface area (Å²) in [7, 11) is 0. The molecule has 0 fully saturated rings. The molecule has 3 aromatic heterocycles. The molecule has 0 aliphatic carbocycles. The smallest absolute Gasteiger partial charge is 0.269 e. The number of nitrogens with zero attached hydrogens (tertiary/aromatic N) is 5. The summed E-state index contributed by atoms with van der Waals surface area (Å²) in [6.07, 6.45) is 3.43. The molecule has 33 heavy (non-hydrogen) atoms. The molecule has 2 aromatic carbocycles. The van der Waals surface area contributed by atoms with Crippen LogP contribution in [0, 0.1) is 5.82 Å². The monoisotopic (exact) mass is 483 g/mol. The Morgan fingerprint density at radius 3 is 2.85 bits per heavy atom. The van der Waals surface area contributed by atoms with Crippen molar-refractivity contribution in [3.8, 4) is 5.69 Å². The molecule has 5 aromatic rings. The van der Waals surface area contributed by atoms with E-state index in [4.69, 9.17) is 23.2 Å². The number of hydrogen-bond acceptors (Lipinski definition) is 6. The second kappa shape index (κ2) is 8.42. The molecule has 5 rings (SSSR count). The van der Waals surface area contributed by atoms with Gasteiger partial charge in [0.25, 0.3) is 5.56 Å². The van der Waals surface area contributed by atoms with Gasteiger partial charge in [0.05, 0.1) is 28.6 Å². The van der Waals surface area contributed by atoms with Crippen LogP contribution in [0.4, 0.5) is 10.2 Å². The van der Waals surface area contributed by atoms with Crippen molar-refractivity contribution >= 4 is 51.1 Å². The zero-order valence-corrected chi connectivity index (χ0v) is 18.7. The minimum absolute atomic E-state index is 0.134. The third-order valence-corrected chi connectivity index (χ3v) is 5.83. The highest BCUT2D eigenvalue weighted by Gasteiger charge is 2.24. The van der Waals surface area contributed by atoms with Gasteiger partial charge in [-0.1, -0.05) is 36.2 Å². The van der Waals surface area contributed by atoms with Crippen molar-refractivity contribution in [2.45, 2.75) is 19.4 Å². The molecule has 0 unspecified atom stereocenters. The van der Waals surface area contributed by atoms with E-state index in [1.807, 2.05) is 6.92 Å². The van der Waals surface area contributed by atoms with Crippen molar-refractivity contribution in [3.05, 3.63) is 81.1 Å². The van der Waals surface area contributed by atoms with E-state index < -0.39 is 17.4 Å². The normalized spacial score (nSPS) is 12.4. The Bertz CT molecular complexity index is 1570. The van der Waals surface area contributed by atoms with Gasteiger partial charge in [0.2, 0.25) is 0 Å². The number of aromatic nitrogens is 6. The molecule has 1 atom stereocenters. The molecule has 8 nitrogen and oxygen atoms in total. The van der Waals surface area contributed by atoms with Crippen LogP contribution in [0.15, 0.2) is 53.8 Å². The number of aromatic amines is 1. The lowest BCUT2D eigenvalue weighted by atomic mass is 10.1. The van der Waals surface area contributed by atoms with Gasteiger partial charge < -0.3 is 10.3 Å².